The van der Waals surface area contributed by atoms with Gasteiger partial charge < -0.3 is 9.47 Å². The fourth-order valence-electron chi connectivity index (χ4n) is 4.63. The average molecular weight is 474 g/mol. The molecule has 6 nitrogen and oxygen atoms in total. The lowest BCUT2D eigenvalue weighted by atomic mass is 10.00. The first-order valence-corrected chi connectivity index (χ1v) is 12.5. The Morgan fingerprint density at radius 2 is 1.82 bits per heavy atom. The lowest BCUT2D eigenvalue weighted by molar-refractivity contribution is -0.136. The van der Waals surface area contributed by atoms with E-state index >= 15 is 0 Å². The van der Waals surface area contributed by atoms with Crippen LogP contribution < -0.4 is 0 Å². The van der Waals surface area contributed by atoms with Crippen molar-refractivity contribution < 1.29 is 14.4 Å². The van der Waals surface area contributed by atoms with Crippen molar-refractivity contribution in [1.29, 1.82) is 0 Å². The zero-order valence-electron chi connectivity index (χ0n) is 19.4. The molecule has 0 radical (unpaired) electrons. The van der Waals surface area contributed by atoms with Crippen LogP contribution in [0.3, 0.4) is 0 Å². The Morgan fingerprint density at radius 1 is 1.09 bits per heavy atom. The fourth-order valence-corrected chi connectivity index (χ4v) is 5.46. The van der Waals surface area contributed by atoms with Crippen molar-refractivity contribution in [1.82, 2.24) is 14.4 Å². The molecule has 2 aromatic carbocycles. The third-order valence-electron chi connectivity index (χ3n) is 6.77. The van der Waals surface area contributed by atoms with Crippen LogP contribution in [0, 0.1) is 0 Å². The first kappa shape index (κ1) is 22.5. The molecule has 0 saturated carbocycles. The molecule has 2 aliphatic heterocycles. The number of carbonyl (C=O) groups excluding carboxylic acids is 3. The smallest absolute Gasteiger partial charge is 0.294 e. The lowest BCUT2D eigenvalue weighted by Gasteiger charge is -2.29. The summed E-state index contributed by atoms with van der Waals surface area (Å²) in [5.41, 5.74) is 4.37. The summed E-state index contributed by atoms with van der Waals surface area (Å²) in [5, 5.41) is 0.644. The van der Waals surface area contributed by atoms with E-state index in [-0.39, 0.29) is 12.5 Å². The number of amides is 3. The average Bonchev–Trinajstić information content (AvgIpc) is 3.35. The molecular formula is C27H27N3O3S. The number of nitrogens with zero attached hydrogens (tertiary/aromatic N) is 3. The molecule has 0 unspecified atom stereocenters. The third kappa shape index (κ3) is 4.05. The van der Waals surface area contributed by atoms with Crippen LogP contribution in [0.4, 0.5) is 4.79 Å². The van der Waals surface area contributed by atoms with Crippen LogP contribution in [-0.2, 0) is 22.6 Å². The minimum absolute atomic E-state index is 0.202. The van der Waals surface area contributed by atoms with Gasteiger partial charge in [-0.2, -0.15) is 0 Å². The van der Waals surface area contributed by atoms with E-state index in [1.165, 1.54) is 5.56 Å². The highest BCUT2D eigenvalue weighted by molar-refractivity contribution is 8.18. The summed E-state index contributed by atoms with van der Waals surface area (Å²) >= 11 is 0.904. The molecule has 3 aromatic rings. The second-order valence-corrected chi connectivity index (χ2v) is 9.86. The van der Waals surface area contributed by atoms with Crippen molar-refractivity contribution in [2.45, 2.75) is 39.3 Å². The summed E-state index contributed by atoms with van der Waals surface area (Å²) in [7, 11) is 0. The number of thioether (sulfide) groups is 1. The molecule has 3 heterocycles. The van der Waals surface area contributed by atoms with Crippen LogP contribution in [0.25, 0.3) is 17.0 Å². The number of hydrogen-bond donors (Lipinski definition) is 0. The highest BCUT2D eigenvalue weighted by Crippen LogP contribution is 2.35. The molecule has 0 aliphatic carbocycles. The van der Waals surface area contributed by atoms with Crippen molar-refractivity contribution in [2.24, 2.45) is 0 Å². The normalized spacial score (nSPS) is 18.1. The van der Waals surface area contributed by atoms with Gasteiger partial charge in [0.2, 0.25) is 5.91 Å². The first-order chi connectivity index (χ1) is 16.5. The number of hydrogen-bond acceptors (Lipinski definition) is 4. The Kier molecular flexibility index (Phi) is 6.04. The van der Waals surface area contributed by atoms with E-state index in [2.05, 4.69) is 30.5 Å². The second-order valence-electron chi connectivity index (χ2n) is 8.87. The molecule has 174 valence electrons. The Bertz CT molecular complexity index is 1330. The van der Waals surface area contributed by atoms with Crippen LogP contribution in [0.5, 0.6) is 0 Å². The molecule has 1 fully saturated rings. The Labute approximate surface area is 203 Å². The maximum absolute atomic E-state index is 13.1. The van der Waals surface area contributed by atoms with E-state index in [9.17, 15) is 14.4 Å². The van der Waals surface area contributed by atoms with Crippen LogP contribution in [0.15, 0.2) is 59.6 Å². The number of rotatable bonds is 5. The molecule has 2 aliphatic rings. The van der Waals surface area contributed by atoms with Gasteiger partial charge in [0.25, 0.3) is 11.1 Å². The monoisotopic (exact) mass is 473 g/mol. The molecule has 0 bridgehead atoms. The van der Waals surface area contributed by atoms with Gasteiger partial charge in [0, 0.05) is 41.8 Å². The molecule has 34 heavy (non-hydrogen) atoms. The van der Waals surface area contributed by atoms with E-state index in [1.54, 1.807) is 11.0 Å². The number of fused-ring (bicyclic) bond motifs is 2. The molecule has 1 atom stereocenters. The minimum atomic E-state index is -0.402. The summed E-state index contributed by atoms with van der Waals surface area (Å²) in [6, 6.07) is 16.5. The summed E-state index contributed by atoms with van der Waals surface area (Å²) in [6.45, 7) is 5.18. The van der Waals surface area contributed by atoms with Gasteiger partial charge in [0.15, 0.2) is 0 Å². The maximum Gasteiger partial charge on any atom is 0.294 e. The van der Waals surface area contributed by atoms with Gasteiger partial charge in [0.05, 0.1) is 4.91 Å². The van der Waals surface area contributed by atoms with Crippen molar-refractivity contribution in [3.05, 3.63) is 76.3 Å². The van der Waals surface area contributed by atoms with Crippen LogP contribution in [0.1, 0.15) is 43.0 Å². The van der Waals surface area contributed by atoms with Gasteiger partial charge in [-0.3, -0.25) is 19.3 Å². The number of para-hydroxylation sites is 1. The van der Waals surface area contributed by atoms with E-state index < -0.39 is 11.1 Å². The minimum Gasteiger partial charge on any atom is -0.344 e. The summed E-state index contributed by atoms with van der Waals surface area (Å²) in [4.78, 5) is 41.9. The number of imide groups is 1. The second kappa shape index (κ2) is 9.14. The van der Waals surface area contributed by atoms with Gasteiger partial charge in [0.1, 0.15) is 6.54 Å². The van der Waals surface area contributed by atoms with Crippen molar-refractivity contribution in [3.8, 4) is 0 Å². The number of benzene rings is 2. The van der Waals surface area contributed by atoms with Gasteiger partial charge in [-0.1, -0.05) is 49.4 Å². The Hall–Kier alpha value is -3.32. The van der Waals surface area contributed by atoms with Gasteiger partial charge in [-0.15, -0.1) is 0 Å². The van der Waals surface area contributed by atoms with E-state index in [0.29, 0.717) is 24.0 Å². The number of carbonyl (C=O) groups is 3. The highest BCUT2D eigenvalue weighted by atomic mass is 32.2. The van der Waals surface area contributed by atoms with Crippen molar-refractivity contribution in [3.63, 3.8) is 0 Å². The van der Waals surface area contributed by atoms with Crippen molar-refractivity contribution in [2.75, 3.05) is 13.1 Å². The van der Waals surface area contributed by atoms with Crippen LogP contribution in [0.2, 0.25) is 0 Å². The molecule has 3 amide bonds. The largest absolute Gasteiger partial charge is 0.344 e. The number of aromatic nitrogens is 1. The van der Waals surface area contributed by atoms with Crippen molar-refractivity contribution >= 4 is 45.8 Å². The Morgan fingerprint density at radius 3 is 2.62 bits per heavy atom. The fraction of sp³-hybridized carbons (Fsp3) is 0.296. The molecule has 0 spiro atoms. The van der Waals surface area contributed by atoms with E-state index in [0.717, 1.165) is 51.5 Å². The molecule has 1 aromatic heterocycles. The quantitative estimate of drug-likeness (QED) is 0.476. The zero-order chi connectivity index (χ0) is 23.8. The SMILES string of the molecule is CC[C@@H](C)n1cc(/C=C2\SC(=O)N(CC(=O)N3CCc4ccccc4C3)C2=O)c2ccccc21. The summed E-state index contributed by atoms with van der Waals surface area (Å²) in [6.07, 6.45) is 5.60. The van der Waals surface area contributed by atoms with Gasteiger partial charge in [-0.25, -0.2) is 0 Å². The van der Waals surface area contributed by atoms with E-state index in [4.69, 9.17) is 0 Å². The maximum atomic E-state index is 13.1. The highest BCUT2D eigenvalue weighted by Gasteiger charge is 2.37. The van der Waals surface area contributed by atoms with Crippen LogP contribution >= 0.6 is 11.8 Å². The summed E-state index contributed by atoms with van der Waals surface area (Å²) in [5.74, 6) is -0.604. The molecule has 7 heteroatoms. The third-order valence-corrected chi connectivity index (χ3v) is 7.68. The predicted octanol–water partition coefficient (Wildman–Crippen LogP) is 5.23. The molecule has 1 saturated heterocycles. The first-order valence-electron chi connectivity index (χ1n) is 11.7. The summed E-state index contributed by atoms with van der Waals surface area (Å²) < 4.78 is 2.21. The zero-order valence-corrected chi connectivity index (χ0v) is 20.2. The van der Waals surface area contributed by atoms with E-state index in [1.807, 2.05) is 42.6 Å². The van der Waals surface area contributed by atoms with Crippen LogP contribution in [-0.4, -0.2) is 44.5 Å². The lowest BCUT2D eigenvalue weighted by Crippen LogP contribution is -2.44. The van der Waals surface area contributed by atoms with Gasteiger partial charge >= 0.3 is 0 Å². The van der Waals surface area contributed by atoms with Gasteiger partial charge in [-0.05, 0) is 54.8 Å². The molecule has 5 rings (SSSR count). The molecular weight excluding hydrogens is 446 g/mol. The topological polar surface area (TPSA) is 62.6 Å². The Balaban J connectivity index is 1.36. The predicted molar refractivity (Wildman–Crippen MR) is 135 cm³/mol. The molecule has 0 N–H and O–H groups in total. The standard InChI is InChI=1S/C27H27N3O3S/c1-3-18(2)29-16-21(22-10-6-7-11-23(22)29)14-24-26(32)30(27(33)34-24)17-25(31)28-13-12-19-8-4-5-9-20(19)15-28/h4-11,14,16,18H,3,12-13,15,17H2,1-2H3/b24-14-/t18-/m1/s1.